The van der Waals surface area contributed by atoms with E-state index in [0.29, 0.717) is 0 Å². The van der Waals surface area contributed by atoms with E-state index >= 15 is 0 Å². The molecule has 0 unspecified atom stereocenters. The van der Waals surface area contributed by atoms with Gasteiger partial charge in [0.25, 0.3) is 0 Å². The monoisotopic (exact) mass is 116 g/mol. The van der Waals surface area contributed by atoms with Crippen molar-refractivity contribution < 1.29 is 9.33 Å². The van der Waals surface area contributed by atoms with Crippen LogP contribution >= 0.6 is 23.5 Å². The smallest absolute Gasteiger partial charge is 0.158 e. The second-order valence-electron chi connectivity index (χ2n) is 0.290. The van der Waals surface area contributed by atoms with E-state index < -0.39 is 0 Å². The summed E-state index contributed by atoms with van der Waals surface area (Å²) in [6.45, 7) is 0. The molecule has 0 atom stereocenters. The molecule has 5 heavy (non-hydrogen) atoms. The van der Waals surface area contributed by atoms with Crippen molar-refractivity contribution in [3.8, 4) is 0 Å². The molecule has 0 spiro atoms. The summed E-state index contributed by atoms with van der Waals surface area (Å²) in [6.07, 6.45) is 0. The number of halogens is 2. The van der Waals surface area contributed by atoms with Crippen molar-refractivity contribution in [2.24, 2.45) is 0 Å². The molecule has 0 aliphatic heterocycles. The van der Waals surface area contributed by atoms with Crippen molar-refractivity contribution in [1.82, 2.24) is 0 Å². The van der Waals surface area contributed by atoms with Crippen molar-refractivity contribution in [2.75, 3.05) is 6.07 Å². The summed E-state index contributed by atoms with van der Waals surface area (Å²) in [5.41, 5.74) is 0. The number of hydrogen-bond acceptors (Lipinski definition) is 2. The number of rotatable bonds is 2. The fourth-order valence-corrected chi connectivity index (χ4v) is 0.152. The van der Waals surface area contributed by atoms with Gasteiger partial charge in [0, 0.05) is 0 Å². The SMILES string of the molecule is ClCOOCl. The van der Waals surface area contributed by atoms with Crippen molar-refractivity contribution >= 4 is 23.5 Å². The van der Waals surface area contributed by atoms with Gasteiger partial charge in [-0.3, -0.25) is 0 Å². The van der Waals surface area contributed by atoms with Gasteiger partial charge in [0.1, 0.15) is 0 Å². The van der Waals surface area contributed by atoms with Crippen molar-refractivity contribution in [3.63, 3.8) is 0 Å². The average molecular weight is 117 g/mol. The molecule has 0 aromatic rings. The van der Waals surface area contributed by atoms with Crippen molar-refractivity contribution in [1.29, 1.82) is 0 Å². The zero-order valence-corrected chi connectivity index (χ0v) is 3.79. The molecule has 0 bridgehead atoms. The molecule has 0 aromatic carbocycles. The topological polar surface area (TPSA) is 18.5 Å². The van der Waals surface area contributed by atoms with Gasteiger partial charge in [0.15, 0.2) is 6.07 Å². The third kappa shape index (κ3) is 4.50. The first-order valence-corrected chi connectivity index (χ1v) is 1.72. The number of alkyl halides is 1. The van der Waals surface area contributed by atoms with Gasteiger partial charge < -0.3 is 0 Å². The Morgan fingerprint density at radius 1 is 1.60 bits per heavy atom. The molecule has 0 fully saturated rings. The Morgan fingerprint density at radius 2 is 2.20 bits per heavy atom. The van der Waals surface area contributed by atoms with Crippen LogP contribution < -0.4 is 0 Å². The first-order chi connectivity index (χ1) is 2.41. The van der Waals surface area contributed by atoms with Gasteiger partial charge >= 0.3 is 0 Å². The van der Waals surface area contributed by atoms with Crippen LogP contribution in [0.25, 0.3) is 0 Å². The molecule has 0 N–H and O–H groups in total. The zero-order chi connectivity index (χ0) is 4.12. The van der Waals surface area contributed by atoms with Crippen LogP contribution in [-0.2, 0) is 9.33 Å². The third-order valence-electron chi connectivity index (χ3n) is 0.0891. The summed E-state index contributed by atoms with van der Waals surface area (Å²) in [6, 6.07) is -0.0382. The molecule has 2 nitrogen and oxygen atoms in total. The summed E-state index contributed by atoms with van der Waals surface area (Å²) in [5, 5.41) is 0. The van der Waals surface area contributed by atoms with Crippen LogP contribution in [0.15, 0.2) is 0 Å². The molecule has 0 aromatic heterocycles. The third-order valence-corrected chi connectivity index (χ3v) is 0.267. The summed E-state index contributed by atoms with van der Waals surface area (Å²) in [5.74, 6) is 0. The predicted octanol–water partition coefficient (Wildman–Crippen LogP) is 1.28. The van der Waals surface area contributed by atoms with E-state index in [9.17, 15) is 0 Å². The van der Waals surface area contributed by atoms with Crippen LogP contribution in [0.1, 0.15) is 0 Å². The van der Waals surface area contributed by atoms with Crippen LogP contribution in [0.2, 0.25) is 0 Å². The van der Waals surface area contributed by atoms with Gasteiger partial charge in [-0.2, -0.15) is 0 Å². The summed E-state index contributed by atoms with van der Waals surface area (Å²) in [4.78, 5) is 3.86. The lowest BCUT2D eigenvalue weighted by molar-refractivity contribution is -0.183. The quantitative estimate of drug-likeness (QED) is 0.308. The maximum Gasteiger partial charge on any atom is 0.158 e. The molecule has 0 rings (SSSR count). The maximum absolute atomic E-state index is 4.87. The Hall–Kier alpha value is 0.500. The minimum Gasteiger partial charge on any atom is -0.202 e. The lowest BCUT2D eigenvalue weighted by atomic mass is 11.7. The van der Waals surface area contributed by atoms with Gasteiger partial charge in [0.2, 0.25) is 0 Å². The van der Waals surface area contributed by atoms with E-state index in [0.717, 1.165) is 0 Å². The fourth-order valence-electron chi connectivity index (χ4n) is 0.0168. The second-order valence-corrected chi connectivity index (χ2v) is 0.634. The highest BCUT2D eigenvalue weighted by Crippen LogP contribution is 1.82. The first kappa shape index (κ1) is 5.50. The van der Waals surface area contributed by atoms with Gasteiger partial charge in [-0.15, -0.1) is 4.44 Å². The Bertz CT molecular complexity index is 15.1. The maximum atomic E-state index is 4.87. The van der Waals surface area contributed by atoms with E-state index in [1.54, 1.807) is 0 Å². The molecule has 0 heterocycles. The molecule has 0 aliphatic rings. The summed E-state index contributed by atoms with van der Waals surface area (Å²) in [7, 11) is 0. The summed E-state index contributed by atoms with van der Waals surface area (Å²) >= 11 is 9.36. The van der Waals surface area contributed by atoms with E-state index in [1.165, 1.54) is 0 Å². The van der Waals surface area contributed by atoms with E-state index in [-0.39, 0.29) is 6.07 Å². The lowest BCUT2D eigenvalue weighted by Gasteiger charge is -1.80. The van der Waals surface area contributed by atoms with Gasteiger partial charge in [0.05, 0.1) is 11.9 Å². The molecule has 0 saturated carbocycles. The number of hydrogen-bond donors (Lipinski definition) is 0. The standard InChI is InChI=1S/CH2Cl2O2/c2-1-4-5-3/h1H2. The molecule has 0 radical (unpaired) electrons. The van der Waals surface area contributed by atoms with Crippen molar-refractivity contribution in [2.45, 2.75) is 0 Å². The van der Waals surface area contributed by atoms with Crippen LogP contribution in [0.3, 0.4) is 0 Å². The molecular weight excluding hydrogens is 115 g/mol. The van der Waals surface area contributed by atoms with E-state index in [4.69, 9.17) is 11.6 Å². The van der Waals surface area contributed by atoms with Crippen LogP contribution in [0.5, 0.6) is 0 Å². The van der Waals surface area contributed by atoms with Gasteiger partial charge in [-0.25, -0.2) is 4.89 Å². The molecule has 4 heteroatoms. The van der Waals surface area contributed by atoms with Gasteiger partial charge in [-0.1, -0.05) is 11.6 Å². The minimum atomic E-state index is -0.0382. The fraction of sp³-hybridized carbons (Fsp3) is 1.00. The van der Waals surface area contributed by atoms with Crippen molar-refractivity contribution in [3.05, 3.63) is 0 Å². The Labute approximate surface area is 39.7 Å². The van der Waals surface area contributed by atoms with Crippen LogP contribution in [0, 0.1) is 0 Å². The second kappa shape index (κ2) is 4.50. The normalized spacial score (nSPS) is 8.40. The highest BCUT2D eigenvalue weighted by Gasteiger charge is 1.69. The molecule has 32 valence electrons. The largest absolute Gasteiger partial charge is 0.202 e. The Kier molecular flexibility index (Phi) is 4.95. The Morgan fingerprint density at radius 3 is 2.20 bits per heavy atom. The van der Waals surface area contributed by atoms with E-state index in [2.05, 4.69) is 21.2 Å². The lowest BCUT2D eigenvalue weighted by Crippen LogP contribution is -1.74. The average Bonchev–Trinajstić information content (AvgIpc) is 1.41. The summed E-state index contributed by atoms with van der Waals surface area (Å²) < 4.78 is 3.53. The minimum absolute atomic E-state index is 0.0382. The highest BCUT2D eigenvalue weighted by molar-refractivity contribution is 6.17. The van der Waals surface area contributed by atoms with E-state index in [1.807, 2.05) is 0 Å². The predicted molar refractivity (Wildman–Crippen MR) is 18.7 cm³/mol. The molecule has 0 saturated heterocycles. The Balaban J connectivity index is 2.19. The molecule has 0 amide bonds. The van der Waals surface area contributed by atoms with Crippen LogP contribution in [0.4, 0.5) is 0 Å². The highest BCUT2D eigenvalue weighted by atomic mass is 35.5. The first-order valence-electron chi connectivity index (χ1n) is 0.877. The molecular formula is CH2Cl2O2. The van der Waals surface area contributed by atoms with Gasteiger partial charge in [-0.05, 0) is 0 Å². The van der Waals surface area contributed by atoms with Crippen LogP contribution in [-0.4, -0.2) is 6.07 Å². The zero-order valence-electron chi connectivity index (χ0n) is 2.28. The molecule has 0 aliphatic carbocycles.